The van der Waals surface area contributed by atoms with Gasteiger partial charge in [-0.25, -0.2) is 9.37 Å². The first-order valence-corrected chi connectivity index (χ1v) is 20.0. The molecule has 0 amide bonds. The van der Waals surface area contributed by atoms with Gasteiger partial charge in [0, 0.05) is 80.2 Å². The first kappa shape index (κ1) is 41.6. The molecular formula is C39H54FN7O4SW. The number of hydrogen-bond donors (Lipinski definition) is 2. The van der Waals surface area contributed by atoms with E-state index in [4.69, 9.17) is 20.9 Å². The normalized spacial score (nSPS) is 20.2. The van der Waals surface area contributed by atoms with Crippen LogP contribution in [0.5, 0.6) is 5.75 Å². The van der Waals surface area contributed by atoms with E-state index in [1.165, 1.54) is 37.7 Å². The van der Waals surface area contributed by atoms with Crippen LogP contribution in [0, 0.1) is 11.7 Å². The number of aromatic nitrogens is 2. The predicted molar refractivity (Wildman–Crippen MR) is 207 cm³/mol. The van der Waals surface area contributed by atoms with Crippen LogP contribution in [-0.4, -0.2) is 109 Å². The number of H-pyrrole nitrogens is 1. The molecule has 4 N–H and O–H groups in total. The van der Waals surface area contributed by atoms with Gasteiger partial charge in [-0.15, -0.1) is 6.04 Å². The van der Waals surface area contributed by atoms with E-state index in [-0.39, 0.29) is 32.5 Å². The molecule has 4 aliphatic heterocycles. The molecule has 0 radical (unpaired) electrons. The number of nitrogens with one attached hydrogen (secondary N) is 2. The molecule has 0 aliphatic carbocycles. The summed E-state index contributed by atoms with van der Waals surface area (Å²) in [7, 11) is 0. The van der Waals surface area contributed by atoms with Gasteiger partial charge < -0.3 is 35.6 Å². The van der Waals surface area contributed by atoms with E-state index in [1.54, 1.807) is 31.0 Å². The minimum atomic E-state index is -0.583. The molecule has 11 nitrogen and oxygen atoms in total. The molecule has 0 bridgehead atoms. The van der Waals surface area contributed by atoms with E-state index < -0.39 is 11.4 Å². The Kier molecular flexibility index (Phi) is 16.0. The van der Waals surface area contributed by atoms with Gasteiger partial charge in [-0.3, -0.25) is 20.9 Å². The maximum absolute atomic E-state index is 15.0. The molecule has 4 aliphatic rings. The number of thioether (sulfide) groups is 1. The fourth-order valence-corrected chi connectivity index (χ4v) is 8.66. The minimum Gasteiger partial charge on any atom is -0.675 e. The van der Waals surface area contributed by atoms with Gasteiger partial charge in [0.25, 0.3) is 5.56 Å². The Balaban J connectivity index is 0.000000618. The molecule has 288 valence electrons. The van der Waals surface area contributed by atoms with Crippen LogP contribution >= 0.6 is 11.8 Å². The van der Waals surface area contributed by atoms with Crippen molar-refractivity contribution in [2.75, 3.05) is 69.7 Å². The van der Waals surface area contributed by atoms with Crippen molar-refractivity contribution in [1.29, 1.82) is 0 Å². The van der Waals surface area contributed by atoms with Crippen LogP contribution in [0.15, 0.2) is 41.2 Å². The predicted octanol–water partition coefficient (Wildman–Crippen LogP) is 5.82. The molecule has 4 saturated heterocycles. The molecule has 7 rings (SSSR count). The molecule has 5 heterocycles. The molecule has 14 heteroatoms. The summed E-state index contributed by atoms with van der Waals surface area (Å²) >= 11 is 1.77. The second-order valence-electron chi connectivity index (χ2n) is 14.7. The molecule has 0 spiro atoms. The van der Waals surface area contributed by atoms with Crippen molar-refractivity contribution in [3.63, 3.8) is 0 Å². The van der Waals surface area contributed by atoms with Crippen LogP contribution in [0.4, 0.5) is 15.8 Å². The average Bonchev–Trinajstić information content (AvgIpc) is 3.13. The molecule has 4 fully saturated rings. The summed E-state index contributed by atoms with van der Waals surface area (Å²) < 4.78 is 26.5. The molecule has 2 aromatic carbocycles. The Labute approximate surface area is 331 Å². The van der Waals surface area contributed by atoms with Gasteiger partial charge in [-0.1, -0.05) is 13.3 Å². The van der Waals surface area contributed by atoms with Crippen molar-refractivity contribution in [2.45, 2.75) is 87.4 Å². The SMILES string of the molecule is CC([NH-])CC[C-]=O.Nc1ccc(N2CCC(N3CC(N4CCC(COc5cc(F)c6c(=O)[nH]c(CSC7CCOCC7)nc6c5)CC4)C3)CC2)cc1.[W+2]. The number of ether oxygens (including phenoxy) is 2. The first-order chi connectivity index (χ1) is 25.2. The molecule has 3 aromatic rings. The third-order valence-electron chi connectivity index (χ3n) is 10.9. The van der Waals surface area contributed by atoms with Crippen molar-refractivity contribution in [3.05, 3.63) is 64.1 Å². The topological polar surface area (TPSA) is 141 Å². The number of rotatable bonds is 12. The Hall–Kier alpha value is -2.54. The fraction of sp³-hybridized carbons (Fsp3) is 0.615. The number of halogens is 1. The van der Waals surface area contributed by atoms with Gasteiger partial charge in [0.2, 0.25) is 0 Å². The van der Waals surface area contributed by atoms with E-state index in [0.717, 1.165) is 70.8 Å². The quantitative estimate of drug-likeness (QED) is 0.169. The number of hydrogen-bond acceptors (Lipinski definition) is 10. The summed E-state index contributed by atoms with van der Waals surface area (Å²) in [5.74, 6) is 1.46. The molecule has 0 saturated carbocycles. The number of likely N-dealkylation sites (tertiary alicyclic amines) is 2. The summed E-state index contributed by atoms with van der Waals surface area (Å²) in [5, 5.41) is 0.489. The smallest absolute Gasteiger partial charge is 0.675 e. The van der Waals surface area contributed by atoms with Gasteiger partial charge in [0.05, 0.1) is 17.9 Å². The maximum atomic E-state index is 15.0. The Morgan fingerprint density at radius 2 is 1.74 bits per heavy atom. The molecule has 1 aromatic heterocycles. The third kappa shape index (κ3) is 11.7. The summed E-state index contributed by atoms with van der Waals surface area (Å²) in [6, 6.07) is 12.5. The number of benzene rings is 2. The summed E-state index contributed by atoms with van der Waals surface area (Å²) in [5.41, 5.74) is 14.8. The standard InChI is InChI=1S/C34H45FN6O3S.C5H9NO.W/c35-30-17-28(18-31-33(30)34(42)38-32(37-31)22-45-29-9-15-43-16-10-29)44-21-23-5-11-40(12-6-23)27-19-41(20-27)26-7-13-39(14-8-26)25-3-1-24(36)2-4-25;1-5(6)3-2-4-7;/h1-4,17-18,23,26-27,29H,5-16,19-22,36H2,(H,37,38,42);5-6H,2-3H2,1H3;/q;-2;+2. The van der Waals surface area contributed by atoms with Gasteiger partial charge in [-0.05, 0) is 81.8 Å². The van der Waals surface area contributed by atoms with Crippen LogP contribution in [0.1, 0.15) is 64.1 Å². The van der Waals surface area contributed by atoms with Crippen LogP contribution in [0.3, 0.4) is 0 Å². The largest absolute Gasteiger partial charge is 2.00 e. The van der Waals surface area contributed by atoms with E-state index in [1.807, 2.05) is 12.1 Å². The zero-order chi connectivity index (χ0) is 36.5. The summed E-state index contributed by atoms with van der Waals surface area (Å²) in [6.45, 7) is 10.6. The Bertz CT molecular complexity index is 1640. The second kappa shape index (κ2) is 20.4. The van der Waals surface area contributed by atoms with Gasteiger partial charge in [0.1, 0.15) is 22.8 Å². The fourth-order valence-electron chi connectivity index (χ4n) is 7.60. The Morgan fingerprint density at radius 1 is 1.04 bits per heavy atom. The van der Waals surface area contributed by atoms with Crippen molar-refractivity contribution >= 4 is 40.3 Å². The van der Waals surface area contributed by atoms with Crippen LogP contribution in [0.2, 0.25) is 0 Å². The van der Waals surface area contributed by atoms with Gasteiger partial charge >= 0.3 is 21.1 Å². The number of carbonyl (C=O) groups excluding carboxylic acids is 1. The van der Waals surface area contributed by atoms with E-state index in [0.29, 0.717) is 65.5 Å². The maximum Gasteiger partial charge on any atom is 2.00 e. The van der Waals surface area contributed by atoms with Gasteiger partial charge in [-0.2, -0.15) is 18.2 Å². The van der Waals surface area contributed by atoms with E-state index in [9.17, 15) is 14.0 Å². The number of nitrogens with zero attached hydrogens (tertiary/aromatic N) is 4. The number of nitrogen functional groups attached to an aromatic ring is 1. The Morgan fingerprint density at radius 3 is 2.38 bits per heavy atom. The number of piperidine rings is 2. The van der Waals surface area contributed by atoms with Crippen LogP contribution in [-0.2, 0) is 36.3 Å². The molecule has 1 unspecified atom stereocenters. The van der Waals surface area contributed by atoms with Crippen molar-refractivity contribution in [2.24, 2.45) is 5.92 Å². The van der Waals surface area contributed by atoms with Gasteiger partial charge in [0.15, 0.2) is 0 Å². The molecule has 53 heavy (non-hydrogen) atoms. The number of fused-ring (bicyclic) bond motifs is 1. The van der Waals surface area contributed by atoms with E-state index in [2.05, 4.69) is 36.8 Å². The van der Waals surface area contributed by atoms with E-state index >= 15 is 0 Å². The van der Waals surface area contributed by atoms with Crippen molar-refractivity contribution in [1.82, 2.24) is 19.8 Å². The first-order valence-electron chi connectivity index (χ1n) is 18.9. The second-order valence-corrected chi connectivity index (χ2v) is 16.0. The third-order valence-corrected chi connectivity index (χ3v) is 12.3. The number of nitrogens with two attached hydrogens (primary N) is 1. The number of aromatic amines is 1. The zero-order valence-corrected chi connectivity index (χ0v) is 34.5. The molecular weight excluding hydrogens is 865 g/mol. The summed E-state index contributed by atoms with van der Waals surface area (Å²) in [6.07, 6.45) is 9.37. The van der Waals surface area contributed by atoms with Crippen molar-refractivity contribution < 1.29 is 39.7 Å². The zero-order valence-electron chi connectivity index (χ0n) is 30.8. The van der Waals surface area contributed by atoms with Crippen molar-refractivity contribution in [3.8, 4) is 5.75 Å². The minimum absolute atomic E-state index is 0. The van der Waals surface area contributed by atoms with Crippen LogP contribution in [0.25, 0.3) is 16.6 Å². The monoisotopic (exact) mass is 919 g/mol. The molecule has 1 atom stereocenters. The summed E-state index contributed by atoms with van der Waals surface area (Å²) in [4.78, 5) is 37.4. The van der Waals surface area contributed by atoms with Crippen LogP contribution < -0.4 is 20.9 Å². The number of anilines is 2. The average molecular weight is 920 g/mol.